The highest BCUT2D eigenvalue weighted by Crippen LogP contribution is 2.30. The van der Waals surface area contributed by atoms with Crippen molar-refractivity contribution >= 4 is 29.0 Å². The Morgan fingerprint density at radius 2 is 1.94 bits per heavy atom. The molecule has 0 bridgehead atoms. The van der Waals surface area contributed by atoms with Crippen LogP contribution in [0.1, 0.15) is 40.3 Å². The summed E-state index contributed by atoms with van der Waals surface area (Å²) in [5.41, 5.74) is 3.55. The van der Waals surface area contributed by atoms with Crippen LogP contribution in [-0.2, 0) is 5.75 Å². The molecule has 0 saturated carbocycles. The zero-order valence-corrected chi connectivity index (χ0v) is 21.9. The number of aryl methyl sites for hydroxylation is 1. The molecule has 36 heavy (non-hydrogen) atoms. The fourth-order valence-corrected chi connectivity index (χ4v) is 5.92. The Kier molecular flexibility index (Phi) is 8.04. The molecular weight excluding hydrogens is 490 g/mol. The maximum absolute atomic E-state index is 12.6. The first-order chi connectivity index (χ1) is 17.7. The number of aromatic nitrogens is 5. The van der Waals surface area contributed by atoms with Crippen LogP contribution in [0.25, 0.3) is 17.1 Å². The van der Waals surface area contributed by atoms with Crippen molar-refractivity contribution in [2.45, 2.75) is 37.1 Å². The summed E-state index contributed by atoms with van der Waals surface area (Å²) < 4.78 is 2.04. The number of hydrogen-bond donors (Lipinski definition) is 1. The van der Waals surface area contributed by atoms with Crippen LogP contribution in [0.15, 0.2) is 59.3 Å². The van der Waals surface area contributed by atoms with Crippen LogP contribution in [0, 0.1) is 6.92 Å². The van der Waals surface area contributed by atoms with Crippen LogP contribution in [-0.4, -0.2) is 61.7 Å². The minimum atomic E-state index is -0.110. The molecule has 1 N–H and O–H groups in total. The molecule has 0 aliphatic carbocycles. The SMILES string of the molecule is Cc1ccc(-n2c(SCc3nc(C(=O)NCCN4CCCCC4)cs3)nnc2-c2cccnc2)cc1. The van der Waals surface area contributed by atoms with Gasteiger partial charge >= 0.3 is 0 Å². The summed E-state index contributed by atoms with van der Waals surface area (Å²) in [6.07, 6.45) is 7.36. The molecule has 1 fully saturated rings. The van der Waals surface area contributed by atoms with Gasteiger partial charge in [-0.15, -0.1) is 21.5 Å². The van der Waals surface area contributed by atoms with Crippen molar-refractivity contribution in [2.75, 3.05) is 26.2 Å². The Morgan fingerprint density at radius 3 is 2.72 bits per heavy atom. The van der Waals surface area contributed by atoms with Crippen LogP contribution in [0.3, 0.4) is 0 Å². The Hall–Kier alpha value is -3.08. The van der Waals surface area contributed by atoms with Gasteiger partial charge in [0, 0.05) is 42.1 Å². The van der Waals surface area contributed by atoms with Gasteiger partial charge in [0.15, 0.2) is 11.0 Å². The molecule has 1 aliphatic rings. The zero-order valence-electron chi connectivity index (χ0n) is 20.3. The number of nitrogens with one attached hydrogen (secondary N) is 1. The summed E-state index contributed by atoms with van der Waals surface area (Å²) in [5.74, 6) is 1.23. The van der Waals surface area contributed by atoms with Crippen molar-refractivity contribution in [1.82, 2.24) is 34.9 Å². The van der Waals surface area contributed by atoms with E-state index in [0.29, 0.717) is 18.0 Å². The highest BCUT2D eigenvalue weighted by molar-refractivity contribution is 7.98. The molecule has 0 atom stereocenters. The second-order valence-corrected chi connectivity index (χ2v) is 10.7. The van der Waals surface area contributed by atoms with E-state index in [2.05, 4.69) is 61.6 Å². The van der Waals surface area contributed by atoms with Gasteiger partial charge in [-0.25, -0.2) is 4.98 Å². The second-order valence-electron chi connectivity index (χ2n) is 8.79. The summed E-state index contributed by atoms with van der Waals surface area (Å²) in [5, 5.41) is 15.4. The molecule has 0 radical (unpaired) electrons. The molecule has 186 valence electrons. The van der Waals surface area contributed by atoms with Gasteiger partial charge in [0.05, 0.1) is 5.75 Å². The van der Waals surface area contributed by atoms with Gasteiger partial charge in [0.2, 0.25) is 0 Å². The van der Waals surface area contributed by atoms with Crippen LogP contribution < -0.4 is 5.32 Å². The molecule has 5 rings (SSSR count). The van der Waals surface area contributed by atoms with E-state index in [1.807, 2.05) is 22.1 Å². The van der Waals surface area contributed by atoms with Gasteiger partial charge in [0.25, 0.3) is 5.91 Å². The van der Waals surface area contributed by atoms with Crippen LogP contribution in [0.4, 0.5) is 0 Å². The van der Waals surface area contributed by atoms with Crippen molar-refractivity contribution in [2.24, 2.45) is 0 Å². The average Bonchev–Trinajstić information content (AvgIpc) is 3.57. The van der Waals surface area contributed by atoms with E-state index in [4.69, 9.17) is 0 Å². The fourth-order valence-electron chi connectivity index (χ4n) is 4.18. The zero-order chi connectivity index (χ0) is 24.7. The molecule has 4 heterocycles. The van der Waals surface area contributed by atoms with Gasteiger partial charge in [-0.3, -0.25) is 14.3 Å². The van der Waals surface area contributed by atoms with E-state index < -0.39 is 0 Å². The summed E-state index contributed by atoms with van der Waals surface area (Å²) in [7, 11) is 0. The minimum absolute atomic E-state index is 0.110. The molecule has 10 heteroatoms. The molecule has 1 aromatic carbocycles. The summed E-state index contributed by atoms with van der Waals surface area (Å²) >= 11 is 3.05. The molecule has 1 saturated heterocycles. The molecule has 3 aromatic heterocycles. The second kappa shape index (κ2) is 11.8. The standard InChI is InChI=1S/C26H29N7OS2/c1-19-7-9-21(10-8-19)33-24(20-6-5-11-27-16-20)30-31-26(33)36-18-23-29-22(17-35-23)25(34)28-12-15-32-13-3-2-4-14-32/h5-11,16-17H,2-4,12-15,18H2,1H3,(H,28,34). The third-order valence-electron chi connectivity index (χ3n) is 6.12. The lowest BCUT2D eigenvalue weighted by Crippen LogP contribution is -2.37. The Labute approximate surface area is 219 Å². The van der Waals surface area contributed by atoms with E-state index in [0.717, 1.165) is 46.9 Å². The molecule has 0 unspecified atom stereocenters. The number of hydrogen-bond acceptors (Lipinski definition) is 8. The van der Waals surface area contributed by atoms with Gasteiger partial charge in [-0.1, -0.05) is 35.9 Å². The molecule has 1 amide bonds. The monoisotopic (exact) mass is 519 g/mol. The molecule has 1 aliphatic heterocycles. The quantitative estimate of drug-likeness (QED) is 0.323. The molecular formula is C26H29N7OS2. The van der Waals surface area contributed by atoms with Crippen molar-refractivity contribution in [3.05, 3.63) is 70.4 Å². The lowest BCUT2D eigenvalue weighted by molar-refractivity contribution is 0.0942. The number of benzene rings is 1. The number of nitrogens with zero attached hydrogens (tertiary/aromatic N) is 6. The highest BCUT2D eigenvalue weighted by Gasteiger charge is 2.18. The summed E-state index contributed by atoms with van der Waals surface area (Å²) in [6.45, 7) is 5.87. The molecule has 4 aromatic rings. The van der Waals surface area contributed by atoms with E-state index in [1.54, 1.807) is 24.2 Å². The summed E-state index contributed by atoms with van der Waals surface area (Å²) in [4.78, 5) is 23.8. The summed E-state index contributed by atoms with van der Waals surface area (Å²) in [6, 6.07) is 12.2. The number of carbonyl (C=O) groups is 1. The van der Waals surface area contributed by atoms with Crippen molar-refractivity contribution < 1.29 is 4.79 Å². The van der Waals surface area contributed by atoms with E-state index in [9.17, 15) is 4.79 Å². The minimum Gasteiger partial charge on any atom is -0.349 e. The fraction of sp³-hybridized carbons (Fsp3) is 0.346. The Morgan fingerprint density at radius 1 is 1.11 bits per heavy atom. The number of pyridine rings is 1. The first kappa shape index (κ1) is 24.6. The predicted molar refractivity (Wildman–Crippen MR) is 144 cm³/mol. The van der Waals surface area contributed by atoms with E-state index >= 15 is 0 Å². The normalized spacial score (nSPS) is 14.1. The maximum atomic E-state index is 12.6. The first-order valence-electron chi connectivity index (χ1n) is 12.2. The number of carbonyl (C=O) groups excluding carboxylic acids is 1. The van der Waals surface area contributed by atoms with E-state index in [-0.39, 0.29) is 5.91 Å². The lowest BCUT2D eigenvalue weighted by Gasteiger charge is -2.26. The lowest BCUT2D eigenvalue weighted by atomic mass is 10.1. The number of likely N-dealkylation sites (tertiary alicyclic amines) is 1. The van der Waals surface area contributed by atoms with Crippen molar-refractivity contribution in [1.29, 1.82) is 0 Å². The van der Waals surface area contributed by atoms with E-state index in [1.165, 1.54) is 36.2 Å². The van der Waals surface area contributed by atoms with Crippen LogP contribution >= 0.6 is 23.1 Å². The predicted octanol–water partition coefficient (Wildman–Crippen LogP) is 4.60. The van der Waals surface area contributed by atoms with Crippen molar-refractivity contribution in [3.8, 4) is 17.1 Å². The third-order valence-corrected chi connectivity index (χ3v) is 8.09. The maximum Gasteiger partial charge on any atom is 0.270 e. The average molecular weight is 520 g/mol. The van der Waals surface area contributed by atoms with Gasteiger partial charge in [-0.05, 0) is 57.1 Å². The number of thiazole rings is 1. The van der Waals surface area contributed by atoms with Gasteiger partial charge < -0.3 is 10.2 Å². The third kappa shape index (κ3) is 6.00. The largest absolute Gasteiger partial charge is 0.349 e. The van der Waals surface area contributed by atoms with Crippen molar-refractivity contribution in [3.63, 3.8) is 0 Å². The molecule has 8 nitrogen and oxygen atoms in total. The van der Waals surface area contributed by atoms with Gasteiger partial charge in [0.1, 0.15) is 10.7 Å². The number of piperidine rings is 1. The first-order valence-corrected chi connectivity index (χ1v) is 14.0. The number of rotatable bonds is 9. The molecule has 0 spiro atoms. The smallest absolute Gasteiger partial charge is 0.270 e. The number of amides is 1. The Bertz CT molecular complexity index is 1280. The highest BCUT2D eigenvalue weighted by atomic mass is 32.2. The Balaban J connectivity index is 1.25. The van der Waals surface area contributed by atoms with Crippen LogP contribution in [0.5, 0.6) is 0 Å². The van der Waals surface area contributed by atoms with Crippen LogP contribution in [0.2, 0.25) is 0 Å². The number of thioether (sulfide) groups is 1. The van der Waals surface area contributed by atoms with Gasteiger partial charge in [-0.2, -0.15) is 0 Å². The topological polar surface area (TPSA) is 88.8 Å².